The first kappa shape index (κ1) is 30.8. The van der Waals surface area contributed by atoms with Crippen LogP contribution in [-0.2, 0) is 14.3 Å². The van der Waals surface area contributed by atoms with Crippen LogP contribution in [0, 0.1) is 69.5 Å². The molecule has 224 valence electrons. The normalized spacial score (nSPS) is 46.4. The number of hydrogen-bond donors (Lipinski definition) is 2. The summed E-state index contributed by atoms with van der Waals surface area (Å²) in [5.74, 6) is 1.51. The van der Waals surface area contributed by atoms with Crippen molar-refractivity contribution in [2.45, 2.75) is 132 Å². The number of carboxylic acid groups (broad SMARTS) is 1. The number of rotatable bonds is 8. The number of ether oxygens (including phenoxy) is 1. The van der Waals surface area contributed by atoms with Crippen molar-refractivity contribution >= 4 is 11.9 Å². The van der Waals surface area contributed by atoms with Gasteiger partial charge in [0.1, 0.15) is 6.10 Å². The van der Waals surface area contributed by atoms with Crippen molar-refractivity contribution in [2.24, 2.45) is 69.5 Å². The number of fused-ring (bicyclic) bond motifs is 5. The highest BCUT2D eigenvalue weighted by atomic mass is 16.5. The van der Waals surface area contributed by atoms with Gasteiger partial charge in [0.05, 0.1) is 12.0 Å². The lowest BCUT2D eigenvalue weighted by molar-refractivity contribution is -0.238. The van der Waals surface area contributed by atoms with Crippen LogP contribution >= 0.6 is 0 Å². The standard InChI is InChI=1S/C34H58O5/c1-19(2)11-10-12-24(31(37)38)29-26-17-27(36)30-32(7)15-13-23(20(3)4)21(5)25(32)14-16-33(30,8)34(26,9)18-28(29)39-22(6)35/h19-21,23-30,36H,10-18H2,1-9H3,(H,37,38)/t21-,23?,24?,25+,26+,27-,28+,29?,30+,32+,33+,34+/m1/s1. The Kier molecular flexibility index (Phi) is 8.66. The fraction of sp³-hybridized carbons (Fsp3) is 0.941. The molecular formula is C34H58O5. The van der Waals surface area contributed by atoms with Gasteiger partial charge in [0, 0.05) is 12.8 Å². The number of carbonyl (C=O) groups is 2. The summed E-state index contributed by atoms with van der Waals surface area (Å²) in [6.45, 7) is 20.3. The third-order valence-corrected chi connectivity index (χ3v) is 13.3. The average Bonchev–Trinajstić information content (AvgIpc) is 3.07. The van der Waals surface area contributed by atoms with Gasteiger partial charge in [0.25, 0.3) is 0 Å². The molecule has 5 heteroatoms. The summed E-state index contributed by atoms with van der Waals surface area (Å²) >= 11 is 0. The molecule has 0 spiro atoms. The van der Waals surface area contributed by atoms with E-state index in [2.05, 4.69) is 55.4 Å². The summed E-state index contributed by atoms with van der Waals surface area (Å²) < 4.78 is 6.00. The Labute approximate surface area is 238 Å². The van der Waals surface area contributed by atoms with Crippen LogP contribution in [0.2, 0.25) is 0 Å². The molecule has 4 aliphatic rings. The summed E-state index contributed by atoms with van der Waals surface area (Å²) in [4.78, 5) is 25.1. The molecule has 0 aromatic rings. The van der Waals surface area contributed by atoms with Crippen LogP contribution in [0.1, 0.15) is 120 Å². The number of carbonyl (C=O) groups excluding carboxylic acids is 1. The average molecular weight is 547 g/mol. The van der Waals surface area contributed by atoms with Crippen LogP contribution in [0.25, 0.3) is 0 Å². The third kappa shape index (κ3) is 4.99. The first-order valence-corrected chi connectivity index (χ1v) is 16.2. The Morgan fingerprint density at radius 1 is 0.974 bits per heavy atom. The van der Waals surface area contributed by atoms with Crippen LogP contribution in [0.5, 0.6) is 0 Å². The van der Waals surface area contributed by atoms with E-state index in [4.69, 9.17) is 4.74 Å². The molecule has 0 radical (unpaired) electrons. The van der Waals surface area contributed by atoms with Gasteiger partial charge in [-0.05, 0) is 103 Å². The molecule has 39 heavy (non-hydrogen) atoms. The van der Waals surface area contributed by atoms with Gasteiger partial charge < -0.3 is 14.9 Å². The van der Waals surface area contributed by atoms with Crippen molar-refractivity contribution in [2.75, 3.05) is 0 Å². The first-order valence-electron chi connectivity index (χ1n) is 16.2. The Bertz CT molecular complexity index is 913. The van der Waals surface area contributed by atoms with E-state index in [1.807, 2.05) is 0 Å². The van der Waals surface area contributed by atoms with E-state index in [9.17, 15) is 19.8 Å². The van der Waals surface area contributed by atoms with Crippen LogP contribution in [0.4, 0.5) is 0 Å². The number of esters is 1. The third-order valence-electron chi connectivity index (χ3n) is 13.3. The lowest BCUT2D eigenvalue weighted by atomic mass is 9.35. The van der Waals surface area contributed by atoms with Crippen molar-refractivity contribution in [3.8, 4) is 0 Å². The van der Waals surface area contributed by atoms with E-state index in [0.717, 1.165) is 31.6 Å². The van der Waals surface area contributed by atoms with E-state index in [-0.39, 0.29) is 40.0 Å². The van der Waals surface area contributed by atoms with E-state index in [0.29, 0.717) is 42.9 Å². The summed E-state index contributed by atoms with van der Waals surface area (Å²) in [5, 5.41) is 22.6. The topological polar surface area (TPSA) is 83.8 Å². The molecule has 4 fully saturated rings. The molecule has 0 bridgehead atoms. The molecule has 2 N–H and O–H groups in total. The Hall–Kier alpha value is -1.10. The molecule has 0 aromatic heterocycles. The zero-order chi connectivity index (χ0) is 29.1. The van der Waals surface area contributed by atoms with Crippen LogP contribution in [-0.4, -0.2) is 34.4 Å². The maximum atomic E-state index is 12.8. The molecule has 0 heterocycles. The quantitative estimate of drug-likeness (QED) is 0.306. The molecule has 4 aliphatic carbocycles. The Morgan fingerprint density at radius 2 is 1.64 bits per heavy atom. The molecule has 0 amide bonds. The molecule has 4 rings (SSSR count). The fourth-order valence-electron chi connectivity index (χ4n) is 11.5. The molecule has 0 saturated heterocycles. The zero-order valence-corrected chi connectivity index (χ0v) is 26.3. The second kappa shape index (κ2) is 11.0. The van der Waals surface area contributed by atoms with E-state index in [1.54, 1.807) is 0 Å². The molecule has 4 saturated carbocycles. The van der Waals surface area contributed by atoms with Gasteiger partial charge in [0.2, 0.25) is 0 Å². The molecule has 0 aromatic carbocycles. The monoisotopic (exact) mass is 546 g/mol. The molecule has 0 aliphatic heterocycles. The van der Waals surface area contributed by atoms with Crippen LogP contribution in [0.15, 0.2) is 0 Å². The van der Waals surface area contributed by atoms with Crippen molar-refractivity contribution in [1.82, 2.24) is 0 Å². The number of aliphatic hydroxyl groups excluding tert-OH is 1. The predicted octanol–water partition coefficient (Wildman–Crippen LogP) is 7.59. The zero-order valence-electron chi connectivity index (χ0n) is 26.3. The van der Waals surface area contributed by atoms with Gasteiger partial charge in [-0.15, -0.1) is 0 Å². The van der Waals surface area contributed by atoms with E-state index < -0.39 is 24.1 Å². The van der Waals surface area contributed by atoms with Gasteiger partial charge in [0.15, 0.2) is 0 Å². The maximum Gasteiger partial charge on any atom is 0.306 e. The maximum absolute atomic E-state index is 12.8. The summed E-state index contributed by atoms with van der Waals surface area (Å²) in [6, 6.07) is 0. The predicted molar refractivity (Wildman–Crippen MR) is 155 cm³/mol. The highest BCUT2D eigenvalue weighted by molar-refractivity contribution is 5.71. The van der Waals surface area contributed by atoms with Crippen molar-refractivity contribution in [1.29, 1.82) is 0 Å². The SMILES string of the molecule is CC(=O)O[C@H]1C[C@@]2(C)[C@@H](C[C@@H](O)[C@H]3[C@@]4(C)CCC(C(C)C)[C@@H](C)[C@@H]4CC[C@@]32C)C1C(CCCC(C)C)C(=O)O. The number of aliphatic carboxylic acids is 1. The highest BCUT2D eigenvalue weighted by Gasteiger charge is 2.72. The highest BCUT2D eigenvalue weighted by Crippen LogP contribution is 2.75. The number of carboxylic acids is 1. The molecule has 12 atom stereocenters. The second-order valence-corrected chi connectivity index (χ2v) is 15.9. The lowest BCUT2D eigenvalue weighted by Gasteiger charge is -2.69. The fourth-order valence-corrected chi connectivity index (χ4v) is 11.5. The minimum Gasteiger partial charge on any atom is -0.481 e. The van der Waals surface area contributed by atoms with Gasteiger partial charge in [-0.1, -0.05) is 68.2 Å². The summed E-state index contributed by atoms with van der Waals surface area (Å²) in [7, 11) is 0. The number of aliphatic hydroxyl groups is 1. The van der Waals surface area contributed by atoms with E-state index in [1.165, 1.54) is 19.8 Å². The minimum absolute atomic E-state index is 0.0304. The second-order valence-electron chi connectivity index (χ2n) is 15.9. The van der Waals surface area contributed by atoms with Gasteiger partial charge in [-0.25, -0.2) is 0 Å². The molecule has 3 unspecified atom stereocenters. The van der Waals surface area contributed by atoms with Gasteiger partial charge in [-0.2, -0.15) is 0 Å². The molecule has 5 nitrogen and oxygen atoms in total. The smallest absolute Gasteiger partial charge is 0.306 e. The summed E-state index contributed by atoms with van der Waals surface area (Å²) in [5.41, 5.74) is -0.234. The Morgan fingerprint density at radius 3 is 2.21 bits per heavy atom. The minimum atomic E-state index is -0.775. The lowest BCUT2D eigenvalue weighted by Crippen LogP contribution is -2.65. The van der Waals surface area contributed by atoms with Crippen molar-refractivity contribution < 1.29 is 24.5 Å². The van der Waals surface area contributed by atoms with Crippen LogP contribution < -0.4 is 0 Å². The van der Waals surface area contributed by atoms with Crippen LogP contribution in [0.3, 0.4) is 0 Å². The first-order chi connectivity index (χ1) is 18.1. The molecular weight excluding hydrogens is 488 g/mol. The number of hydrogen-bond acceptors (Lipinski definition) is 4. The van der Waals surface area contributed by atoms with Gasteiger partial charge in [-0.3, -0.25) is 9.59 Å². The largest absolute Gasteiger partial charge is 0.481 e. The Balaban J connectivity index is 1.72. The van der Waals surface area contributed by atoms with Crippen molar-refractivity contribution in [3.63, 3.8) is 0 Å². The summed E-state index contributed by atoms with van der Waals surface area (Å²) in [6.07, 6.45) is 7.55. The van der Waals surface area contributed by atoms with Gasteiger partial charge >= 0.3 is 11.9 Å². The van der Waals surface area contributed by atoms with E-state index >= 15 is 0 Å². The van der Waals surface area contributed by atoms with Crippen molar-refractivity contribution in [3.05, 3.63) is 0 Å².